The van der Waals surface area contributed by atoms with Crippen LogP contribution in [0.15, 0.2) is 24.3 Å². The average molecular weight is 291 g/mol. The third-order valence-electron chi connectivity index (χ3n) is 3.45. The second-order valence-electron chi connectivity index (χ2n) is 5.25. The summed E-state index contributed by atoms with van der Waals surface area (Å²) in [5.41, 5.74) is 7.64. The molecule has 0 bridgehead atoms. The first kappa shape index (κ1) is 15.9. The Labute approximate surface area is 125 Å². The molecular formula is C16H25N3O2. The maximum Gasteiger partial charge on any atom is 0.111 e. The molecule has 1 heterocycles. The molecule has 0 aliphatic carbocycles. The van der Waals surface area contributed by atoms with Gasteiger partial charge < -0.3 is 20.1 Å². The van der Waals surface area contributed by atoms with E-state index < -0.39 is 6.10 Å². The van der Waals surface area contributed by atoms with Gasteiger partial charge in [-0.2, -0.15) is 0 Å². The number of hydrogen-bond acceptors (Lipinski definition) is 4. The van der Waals surface area contributed by atoms with Crippen LogP contribution < -0.4 is 5.73 Å². The van der Waals surface area contributed by atoms with Crippen molar-refractivity contribution in [3.05, 3.63) is 30.1 Å². The summed E-state index contributed by atoms with van der Waals surface area (Å²) in [4.78, 5) is 4.60. The van der Waals surface area contributed by atoms with Crippen LogP contribution in [0, 0.1) is 0 Å². The molecule has 0 fully saturated rings. The van der Waals surface area contributed by atoms with E-state index in [1.807, 2.05) is 24.3 Å². The van der Waals surface area contributed by atoms with Gasteiger partial charge in [-0.1, -0.05) is 25.5 Å². The molecule has 5 nitrogen and oxygen atoms in total. The first-order valence-corrected chi connectivity index (χ1v) is 7.66. The van der Waals surface area contributed by atoms with Crippen molar-refractivity contribution in [1.29, 1.82) is 0 Å². The molecule has 0 amide bonds. The summed E-state index contributed by atoms with van der Waals surface area (Å²) in [5.74, 6) is 0.923. The summed E-state index contributed by atoms with van der Waals surface area (Å²) in [6, 6.07) is 7.95. The first-order valence-electron chi connectivity index (χ1n) is 7.66. The van der Waals surface area contributed by atoms with Gasteiger partial charge in [0.05, 0.1) is 30.3 Å². The summed E-state index contributed by atoms with van der Waals surface area (Å²) >= 11 is 0. The summed E-state index contributed by atoms with van der Waals surface area (Å²) < 4.78 is 7.54. The Morgan fingerprint density at radius 3 is 2.95 bits per heavy atom. The number of imidazole rings is 1. The van der Waals surface area contributed by atoms with E-state index in [2.05, 4.69) is 16.5 Å². The fourth-order valence-corrected chi connectivity index (χ4v) is 2.38. The molecule has 1 unspecified atom stereocenters. The molecule has 5 heteroatoms. The number of aliphatic hydroxyl groups excluding tert-OH is 1. The number of unbranched alkanes of at least 4 members (excludes halogenated alkanes) is 1. The molecule has 1 aromatic carbocycles. The van der Waals surface area contributed by atoms with Gasteiger partial charge >= 0.3 is 0 Å². The molecular weight excluding hydrogens is 266 g/mol. The smallest absolute Gasteiger partial charge is 0.111 e. The van der Waals surface area contributed by atoms with E-state index in [1.54, 1.807) is 0 Å². The minimum absolute atomic E-state index is 0.356. The lowest BCUT2D eigenvalue weighted by Crippen LogP contribution is -2.24. The van der Waals surface area contributed by atoms with Crippen molar-refractivity contribution in [2.75, 3.05) is 19.8 Å². The lowest BCUT2D eigenvalue weighted by molar-refractivity contribution is 0.0273. The van der Waals surface area contributed by atoms with Crippen LogP contribution in [-0.2, 0) is 17.7 Å². The van der Waals surface area contributed by atoms with Crippen molar-refractivity contribution < 1.29 is 9.84 Å². The van der Waals surface area contributed by atoms with Gasteiger partial charge in [0.25, 0.3) is 0 Å². The number of aromatic nitrogens is 2. The van der Waals surface area contributed by atoms with Crippen LogP contribution in [0.4, 0.5) is 0 Å². The summed E-state index contributed by atoms with van der Waals surface area (Å²) in [6.45, 7) is 4.22. The maximum atomic E-state index is 10.2. The number of nitrogens with two attached hydrogens (primary N) is 1. The van der Waals surface area contributed by atoms with Crippen LogP contribution in [0.25, 0.3) is 11.0 Å². The number of benzene rings is 1. The number of rotatable bonds is 9. The molecule has 1 aromatic heterocycles. The third-order valence-corrected chi connectivity index (χ3v) is 3.45. The van der Waals surface area contributed by atoms with E-state index in [1.165, 1.54) is 0 Å². The van der Waals surface area contributed by atoms with Crippen molar-refractivity contribution in [2.24, 2.45) is 5.73 Å². The number of ether oxygens (including phenoxy) is 1. The number of hydrogen-bond donors (Lipinski definition) is 2. The molecule has 21 heavy (non-hydrogen) atoms. The molecule has 3 N–H and O–H groups in total. The maximum absolute atomic E-state index is 10.2. The van der Waals surface area contributed by atoms with Crippen molar-refractivity contribution in [3.63, 3.8) is 0 Å². The van der Waals surface area contributed by atoms with Gasteiger partial charge in [0.1, 0.15) is 5.82 Å². The topological polar surface area (TPSA) is 73.3 Å². The van der Waals surface area contributed by atoms with E-state index in [-0.39, 0.29) is 0 Å². The lowest BCUT2D eigenvalue weighted by atomic mass is 10.3. The Morgan fingerprint density at radius 2 is 2.19 bits per heavy atom. The number of para-hydroxylation sites is 2. The zero-order valence-electron chi connectivity index (χ0n) is 12.7. The van der Waals surface area contributed by atoms with E-state index in [9.17, 15) is 5.11 Å². The predicted molar refractivity (Wildman–Crippen MR) is 84.2 cm³/mol. The molecule has 0 aliphatic heterocycles. The minimum Gasteiger partial charge on any atom is -0.389 e. The highest BCUT2D eigenvalue weighted by Crippen LogP contribution is 2.17. The molecule has 0 aliphatic rings. The summed E-state index contributed by atoms with van der Waals surface area (Å²) in [7, 11) is 0. The minimum atomic E-state index is -0.531. The Hall–Kier alpha value is -1.43. The first-order chi connectivity index (χ1) is 10.3. The van der Waals surface area contributed by atoms with Gasteiger partial charge in [-0.25, -0.2) is 4.98 Å². The van der Waals surface area contributed by atoms with E-state index in [4.69, 9.17) is 10.5 Å². The van der Waals surface area contributed by atoms with E-state index in [0.717, 1.165) is 29.7 Å². The molecule has 2 rings (SSSR count). The van der Waals surface area contributed by atoms with Gasteiger partial charge in [-0.15, -0.1) is 0 Å². The molecule has 0 saturated heterocycles. The van der Waals surface area contributed by atoms with Crippen LogP contribution in [0.2, 0.25) is 0 Å². The van der Waals surface area contributed by atoms with E-state index >= 15 is 0 Å². The molecule has 0 radical (unpaired) electrons. The van der Waals surface area contributed by atoms with Gasteiger partial charge in [-0.05, 0) is 25.1 Å². The second-order valence-corrected chi connectivity index (χ2v) is 5.25. The quantitative estimate of drug-likeness (QED) is 0.690. The highest BCUT2D eigenvalue weighted by molar-refractivity contribution is 5.75. The summed E-state index contributed by atoms with van der Waals surface area (Å²) in [6.07, 6.45) is 2.30. The average Bonchev–Trinajstić information content (AvgIpc) is 2.82. The van der Waals surface area contributed by atoms with Crippen molar-refractivity contribution in [2.45, 2.75) is 38.8 Å². The predicted octanol–water partition coefficient (Wildman–Crippen LogP) is 1.72. The SMILES string of the molecule is CCCCOCC(O)Cn1c(CCN)nc2ccccc21. The summed E-state index contributed by atoms with van der Waals surface area (Å²) in [5, 5.41) is 10.2. The van der Waals surface area contributed by atoms with Gasteiger partial charge in [0.2, 0.25) is 0 Å². The normalized spacial score (nSPS) is 12.9. The van der Waals surface area contributed by atoms with E-state index in [0.29, 0.717) is 32.7 Å². The largest absolute Gasteiger partial charge is 0.389 e. The van der Waals surface area contributed by atoms with Crippen molar-refractivity contribution in [1.82, 2.24) is 9.55 Å². The van der Waals surface area contributed by atoms with Gasteiger partial charge in [0, 0.05) is 13.0 Å². The Morgan fingerprint density at radius 1 is 1.38 bits per heavy atom. The zero-order valence-corrected chi connectivity index (χ0v) is 12.7. The fourth-order valence-electron chi connectivity index (χ4n) is 2.38. The lowest BCUT2D eigenvalue weighted by Gasteiger charge is -2.15. The zero-order chi connectivity index (χ0) is 15.1. The highest BCUT2D eigenvalue weighted by atomic mass is 16.5. The van der Waals surface area contributed by atoms with Gasteiger partial charge in [0.15, 0.2) is 0 Å². The Balaban J connectivity index is 2.06. The molecule has 0 saturated carbocycles. The van der Waals surface area contributed by atoms with Crippen molar-refractivity contribution in [3.8, 4) is 0 Å². The van der Waals surface area contributed by atoms with Gasteiger partial charge in [-0.3, -0.25) is 0 Å². The highest BCUT2D eigenvalue weighted by Gasteiger charge is 2.13. The Bertz CT molecular complexity index is 553. The molecule has 0 spiro atoms. The van der Waals surface area contributed by atoms with Crippen LogP contribution in [0.1, 0.15) is 25.6 Å². The van der Waals surface area contributed by atoms with Crippen LogP contribution in [0.5, 0.6) is 0 Å². The number of fused-ring (bicyclic) bond motifs is 1. The third kappa shape index (κ3) is 4.27. The van der Waals surface area contributed by atoms with Crippen molar-refractivity contribution >= 4 is 11.0 Å². The second kappa shape index (κ2) is 8.12. The molecule has 2 aromatic rings. The van der Waals surface area contributed by atoms with Crippen LogP contribution in [-0.4, -0.2) is 40.5 Å². The Kier molecular flexibility index (Phi) is 6.17. The van der Waals surface area contributed by atoms with Crippen LogP contribution in [0.3, 0.4) is 0 Å². The standard InChI is InChI=1S/C16H25N3O2/c1-2-3-10-21-12-13(20)11-19-15-7-5-4-6-14(15)18-16(19)8-9-17/h4-7,13,20H,2-3,8-12,17H2,1H3. The number of nitrogens with zero attached hydrogens (tertiary/aromatic N) is 2. The molecule has 1 atom stereocenters. The van der Waals surface area contributed by atoms with Crippen LogP contribution >= 0.6 is 0 Å². The fraction of sp³-hybridized carbons (Fsp3) is 0.562. The number of aliphatic hydroxyl groups is 1. The monoisotopic (exact) mass is 291 g/mol. The molecule has 116 valence electrons.